The molecule has 3 aromatic rings. The van der Waals surface area contributed by atoms with Crippen molar-refractivity contribution in [2.75, 3.05) is 37.8 Å². The van der Waals surface area contributed by atoms with E-state index in [4.69, 9.17) is 23.2 Å². The minimum absolute atomic E-state index is 0.447. The summed E-state index contributed by atoms with van der Waals surface area (Å²) in [6.45, 7) is 1.59. The Bertz CT molecular complexity index is 902. The van der Waals surface area contributed by atoms with Crippen molar-refractivity contribution in [2.45, 2.75) is 0 Å². The van der Waals surface area contributed by atoms with Crippen LogP contribution in [0.2, 0.25) is 10.0 Å². The van der Waals surface area contributed by atoms with Crippen LogP contribution in [0.25, 0.3) is 11.3 Å². The predicted molar refractivity (Wildman–Crippen MR) is 112 cm³/mol. The maximum absolute atomic E-state index is 6.29. The van der Waals surface area contributed by atoms with Gasteiger partial charge in [0, 0.05) is 37.1 Å². The molecule has 2 aromatic heterocycles. The first-order valence-electron chi connectivity index (χ1n) is 8.42. The second-order valence-corrected chi connectivity index (χ2v) is 6.95. The van der Waals surface area contributed by atoms with Crippen LogP contribution in [0.5, 0.6) is 0 Å². The summed E-state index contributed by atoms with van der Waals surface area (Å²) >= 11 is 12.4. The lowest BCUT2D eigenvalue weighted by Crippen LogP contribution is -2.21. The third-order valence-corrected chi connectivity index (χ3v) is 4.56. The molecule has 8 heteroatoms. The van der Waals surface area contributed by atoms with E-state index in [-0.39, 0.29) is 0 Å². The number of aromatic nitrogens is 3. The van der Waals surface area contributed by atoms with E-state index < -0.39 is 0 Å². The van der Waals surface area contributed by atoms with Crippen molar-refractivity contribution < 1.29 is 0 Å². The Morgan fingerprint density at radius 1 is 1.07 bits per heavy atom. The van der Waals surface area contributed by atoms with Crippen molar-refractivity contribution in [2.24, 2.45) is 0 Å². The Kier molecular flexibility index (Phi) is 6.45. The molecular formula is C19H20Cl2N6. The fourth-order valence-electron chi connectivity index (χ4n) is 2.38. The van der Waals surface area contributed by atoms with E-state index in [1.54, 1.807) is 18.5 Å². The zero-order chi connectivity index (χ0) is 19.2. The number of halogens is 2. The predicted octanol–water partition coefficient (Wildman–Crippen LogP) is 4.56. The van der Waals surface area contributed by atoms with Crippen LogP contribution < -0.4 is 10.6 Å². The normalized spacial score (nSPS) is 10.9. The topological polar surface area (TPSA) is 66.0 Å². The van der Waals surface area contributed by atoms with Gasteiger partial charge in [-0.25, -0.2) is 4.98 Å². The molecule has 0 spiro atoms. The molecule has 0 unspecified atom stereocenters. The molecule has 0 aliphatic heterocycles. The number of anilines is 3. The molecule has 27 heavy (non-hydrogen) atoms. The van der Waals surface area contributed by atoms with E-state index in [1.165, 1.54) is 0 Å². The Hall–Kier alpha value is -2.41. The van der Waals surface area contributed by atoms with Gasteiger partial charge in [-0.05, 0) is 38.4 Å². The highest BCUT2D eigenvalue weighted by atomic mass is 35.5. The Balaban J connectivity index is 1.92. The smallest absolute Gasteiger partial charge is 0.225 e. The third kappa shape index (κ3) is 5.29. The number of hydrogen-bond donors (Lipinski definition) is 2. The van der Waals surface area contributed by atoms with Gasteiger partial charge in [-0.15, -0.1) is 0 Å². The summed E-state index contributed by atoms with van der Waals surface area (Å²) in [6, 6.07) is 11.1. The highest BCUT2D eigenvalue weighted by molar-refractivity contribution is 6.43. The summed E-state index contributed by atoms with van der Waals surface area (Å²) in [5.41, 5.74) is 2.33. The minimum Gasteiger partial charge on any atom is -0.353 e. The molecule has 3 rings (SSSR count). The molecule has 2 heterocycles. The van der Waals surface area contributed by atoms with Crippen LogP contribution >= 0.6 is 23.2 Å². The van der Waals surface area contributed by atoms with Crippen LogP contribution in [0, 0.1) is 0 Å². The van der Waals surface area contributed by atoms with Crippen molar-refractivity contribution in [3.8, 4) is 11.3 Å². The number of likely N-dealkylation sites (N-methyl/N-ethyl adjacent to an activating group) is 1. The maximum atomic E-state index is 6.29. The highest BCUT2D eigenvalue weighted by Crippen LogP contribution is 2.32. The number of pyridine rings is 1. The SMILES string of the molecule is CN(C)CCNc1nc(Nc2cccc(Cl)c2Cl)cc(-c2cccnc2)n1. The maximum Gasteiger partial charge on any atom is 0.225 e. The summed E-state index contributed by atoms with van der Waals surface area (Å²) in [5.74, 6) is 1.14. The van der Waals surface area contributed by atoms with Gasteiger partial charge in [0.25, 0.3) is 0 Å². The summed E-state index contributed by atoms with van der Waals surface area (Å²) in [6.07, 6.45) is 3.49. The van der Waals surface area contributed by atoms with Crippen molar-refractivity contribution in [3.63, 3.8) is 0 Å². The van der Waals surface area contributed by atoms with Crippen molar-refractivity contribution in [3.05, 3.63) is 58.8 Å². The quantitative estimate of drug-likeness (QED) is 0.603. The lowest BCUT2D eigenvalue weighted by atomic mass is 10.2. The lowest BCUT2D eigenvalue weighted by molar-refractivity contribution is 0.425. The molecule has 2 N–H and O–H groups in total. The number of nitrogens with one attached hydrogen (secondary N) is 2. The van der Waals surface area contributed by atoms with Crippen LogP contribution in [0.4, 0.5) is 17.5 Å². The molecule has 0 amide bonds. The van der Waals surface area contributed by atoms with Crippen molar-refractivity contribution in [1.82, 2.24) is 19.9 Å². The Morgan fingerprint density at radius 2 is 1.93 bits per heavy atom. The zero-order valence-electron chi connectivity index (χ0n) is 15.1. The molecule has 140 valence electrons. The van der Waals surface area contributed by atoms with Gasteiger partial charge in [0.2, 0.25) is 5.95 Å². The summed E-state index contributed by atoms with van der Waals surface area (Å²) < 4.78 is 0. The summed E-state index contributed by atoms with van der Waals surface area (Å²) in [4.78, 5) is 15.4. The van der Waals surface area contributed by atoms with E-state index in [2.05, 4.69) is 30.5 Å². The largest absolute Gasteiger partial charge is 0.353 e. The van der Waals surface area contributed by atoms with Crippen LogP contribution in [-0.2, 0) is 0 Å². The summed E-state index contributed by atoms with van der Waals surface area (Å²) in [5, 5.41) is 7.41. The molecule has 0 aliphatic rings. The van der Waals surface area contributed by atoms with Crippen LogP contribution in [-0.4, -0.2) is 47.0 Å². The average Bonchev–Trinajstić information content (AvgIpc) is 2.66. The second-order valence-electron chi connectivity index (χ2n) is 6.16. The van der Waals surface area contributed by atoms with Crippen LogP contribution in [0.3, 0.4) is 0 Å². The third-order valence-electron chi connectivity index (χ3n) is 3.74. The highest BCUT2D eigenvalue weighted by Gasteiger charge is 2.10. The standard InChI is InChI=1S/C19H20Cl2N6/c1-27(2)10-9-23-19-25-16(13-5-4-8-22-12-13)11-17(26-19)24-15-7-3-6-14(20)18(15)21/h3-8,11-12H,9-10H2,1-2H3,(H2,23,24,25,26). The van der Waals surface area contributed by atoms with E-state index in [1.807, 2.05) is 44.4 Å². The first-order chi connectivity index (χ1) is 13.0. The molecule has 0 fully saturated rings. The van der Waals surface area contributed by atoms with Crippen LogP contribution in [0.1, 0.15) is 0 Å². The molecule has 0 saturated heterocycles. The lowest BCUT2D eigenvalue weighted by Gasteiger charge is -2.14. The van der Waals surface area contributed by atoms with Gasteiger partial charge in [0.1, 0.15) is 5.82 Å². The fraction of sp³-hybridized carbons (Fsp3) is 0.211. The zero-order valence-corrected chi connectivity index (χ0v) is 16.6. The summed E-state index contributed by atoms with van der Waals surface area (Å²) in [7, 11) is 4.03. The molecular weight excluding hydrogens is 383 g/mol. The first-order valence-corrected chi connectivity index (χ1v) is 9.17. The molecule has 0 aliphatic carbocycles. The van der Waals surface area contributed by atoms with Gasteiger partial charge in [-0.1, -0.05) is 29.3 Å². The average molecular weight is 403 g/mol. The van der Waals surface area contributed by atoms with E-state index in [0.29, 0.717) is 27.5 Å². The first kappa shape index (κ1) is 19.4. The van der Waals surface area contributed by atoms with Gasteiger partial charge in [-0.2, -0.15) is 4.98 Å². The number of rotatable bonds is 7. The van der Waals surface area contributed by atoms with Gasteiger partial charge in [0.05, 0.1) is 21.4 Å². The fourth-order valence-corrected chi connectivity index (χ4v) is 2.73. The van der Waals surface area contributed by atoms with Gasteiger partial charge in [-0.3, -0.25) is 4.98 Å². The Labute approximate surface area is 168 Å². The molecule has 0 bridgehead atoms. The number of nitrogens with zero attached hydrogens (tertiary/aromatic N) is 4. The van der Waals surface area contributed by atoms with E-state index in [0.717, 1.165) is 24.3 Å². The molecule has 0 atom stereocenters. The molecule has 6 nitrogen and oxygen atoms in total. The van der Waals surface area contributed by atoms with Crippen molar-refractivity contribution in [1.29, 1.82) is 0 Å². The Morgan fingerprint density at radius 3 is 2.67 bits per heavy atom. The van der Waals surface area contributed by atoms with Gasteiger partial charge >= 0.3 is 0 Å². The van der Waals surface area contributed by atoms with Crippen molar-refractivity contribution >= 4 is 40.7 Å². The van der Waals surface area contributed by atoms with Gasteiger partial charge < -0.3 is 15.5 Å². The molecule has 1 aromatic carbocycles. The minimum atomic E-state index is 0.447. The number of hydrogen-bond acceptors (Lipinski definition) is 6. The number of benzene rings is 1. The van der Waals surface area contributed by atoms with E-state index >= 15 is 0 Å². The monoisotopic (exact) mass is 402 g/mol. The van der Waals surface area contributed by atoms with E-state index in [9.17, 15) is 0 Å². The molecule has 0 radical (unpaired) electrons. The molecule has 0 saturated carbocycles. The van der Waals surface area contributed by atoms with Crippen LogP contribution in [0.15, 0.2) is 48.8 Å². The second kappa shape index (κ2) is 8.99. The van der Waals surface area contributed by atoms with Gasteiger partial charge in [0.15, 0.2) is 0 Å².